The molecule has 0 aromatic heterocycles. The maximum Gasteiger partial charge on any atom is 0.339 e. The first-order valence-electron chi connectivity index (χ1n) is 10.6. The Morgan fingerprint density at radius 3 is 1.20 bits per heavy atom. The van der Waals surface area contributed by atoms with E-state index in [4.69, 9.17) is 0 Å². The maximum absolute atomic E-state index is 12.0. The van der Waals surface area contributed by atoms with Gasteiger partial charge in [-0.2, -0.15) is 0 Å². The van der Waals surface area contributed by atoms with Crippen LogP contribution in [0.1, 0.15) is 31.1 Å². The molecular weight excluding hydrogens is 666 g/mol. The summed E-state index contributed by atoms with van der Waals surface area (Å²) >= 11 is 3.10. The van der Waals surface area contributed by atoms with E-state index in [0.29, 0.717) is 4.47 Å². The van der Waals surface area contributed by atoms with Gasteiger partial charge in [-0.1, -0.05) is 0 Å². The molecule has 1 radical (unpaired) electrons. The average molecular weight is 684 g/mol. The van der Waals surface area contributed by atoms with Crippen LogP contribution >= 0.6 is 15.9 Å². The molecule has 0 N–H and O–H groups in total. The van der Waals surface area contributed by atoms with E-state index in [1.807, 2.05) is 0 Å². The summed E-state index contributed by atoms with van der Waals surface area (Å²) in [6.07, 6.45) is 0. The number of esters is 3. The van der Waals surface area contributed by atoms with Crippen LogP contribution in [0.3, 0.4) is 0 Å². The fraction of sp³-hybridized carbons (Fsp3) is 0.125. The van der Waals surface area contributed by atoms with Crippen LogP contribution in [0.25, 0.3) is 11.1 Å². The van der Waals surface area contributed by atoms with Crippen molar-refractivity contribution in [1.82, 2.24) is 0 Å². The second kappa shape index (κ2) is 15.2. The van der Waals surface area contributed by atoms with Crippen LogP contribution < -0.4 is 0 Å². The Morgan fingerprint density at radius 1 is 0.585 bits per heavy atom. The third-order valence-corrected chi connectivity index (χ3v) is 5.79. The predicted octanol–water partition coefficient (Wildman–Crippen LogP) is 4.88. The van der Waals surface area contributed by atoms with E-state index < -0.39 is 32.7 Å². The van der Waals surface area contributed by atoms with Crippen LogP contribution in [0.2, 0.25) is 0 Å². The molecule has 41 heavy (non-hydrogen) atoms. The minimum absolute atomic E-state index is 0. The van der Waals surface area contributed by atoms with Gasteiger partial charge in [-0.05, 0) is 45.3 Å². The molecule has 0 fully saturated rings. The Balaban J connectivity index is 0.000000475. The summed E-state index contributed by atoms with van der Waals surface area (Å²) in [5.41, 5.74) is -0.765. The summed E-state index contributed by atoms with van der Waals surface area (Å²) in [4.78, 5) is 65.6. The van der Waals surface area contributed by atoms with Gasteiger partial charge < -0.3 is 14.2 Å². The quantitative estimate of drug-likeness (QED) is 0.107. The first kappa shape index (κ1) is 34.3. The molecule has 0 bridgehead atoms. The number of hydrogen-bond donors (Lipinski definition) is 0. The van der Waals surface area contributed by atoms with Crippen LogP contribution in [0, 0.1) is 30.3 Å². The van der Waals surface area contributed by atoms with Crippen molar-refractivity contribution >= 4 is 50.9 Å². The Morgan fingerprint density at radius 2 is 0.878 bits per heavy atom. The number of rotatable bonds is 7. The number of ether oxygens (including phenoxy) is 3. The van der Waals surface area contributed by atoms with Crippen molar-refractivity contribution in [2.45, 2.75) is 0 Å². The summed E-state index contributed by atoms with van der Waals surface area (Å²) in [7, 11) is 3.41. The average Bonchev–Trinajstić information content (AvgIpc) is 2.95. The van der Waals surface area contributed by atoms with Gasteiger partial charge in [-0.25, -0.2) is 14.4 Å². The number of benzene rings is 3. The second-order valence-corrected chi connectivity index (χ2v) is 8.22. The van der Waals surface area contributed by atoms with E-state index in [1.165, 1.54) is 31.4 Å². The zero-order valence-corrected chi connectivity index (χ0v) is 23.6. The largest absolute Gasteiger partial charge is 0.465 e. The van der Waals surface area contributed by atoms with E-state index in [-0.39, 0.29) is 61.9 Å². The number of carbonyl (C=O) groups is 3. The van der Waals surface area contributed by atoms with Crippen LogP contribution in [-0.2, 0) is 31.3 Å². The summed E-state index contributed by atoms with van der Waals surface area (Å²) in [5.74, 6) is -2.34. The summed E-state index contributed by atoms with van der Waals surface area (Å²) in [6, 6.07) is 10.7. The van der Waals surface area contributed by atoms with Crippen molar-refractivity contribution in [3.05, 3.63) is 106 Å². The molecule has 3 rings (SSSR count). The number of nitro groups is 3. The SMILES string of the molecule is COC(=O)c1cc([N+](=O)[O-])ccc1-c1ccc([N+](=O)[O-])cc1C(=O)OC.COC(=O)c1cc([N+](=O)[O-])ccc1Br.[Cu]. The molecule has 3 aromatic rings. The zero-order valence-electron chi connectivity index (χ0n) is 21.1. The number of nitro benzene ring substituents is 3. The topological polar surface area (TPSA) is 208 Å². The van der Waals surface area contributed by atoms with Crippen molar-refractivity contribution in [2.75, 3.05) is 21.3 Å². The van der Waals surface area contributed by atoms with Gasteiger partial charge in [0, 0.05) is 57.9 Å². The molecule has 0 heterocycles. The van der Waals surface area contributed by atoms with Gasteiger partial charge in [-0.3, -0.25) is 30.3 Å². The van der Waals surface area contributed by atoms with Gasteiger partial charge in [0.1, 0.15) is 0 Å². The summed E-state index contributed by atoms with van der Waals surface area (Å²) in [5, 5.41) is 32.3. The first-order valence-corrected chi connectivity index (χ1v) is 11.4. The van der Waals surface area contributed by atoms with Gasteiger partial charge >= 0.3 is 17.9 Å². The normalized spacial score (nSPS) is 9.66. The third kappa shape index (κ3) is 8.38. The number of non-ortho nitro benzene ring substituents is 3. The second-order valence-electron chi connectivity index (χ2n) is 7.37. The molecule has 219 valence electrons. The van der Waals surface area contributed by atoms with E-state index in [9.17, 15) is 44.7 Å². The monoisotopic (exact) mass is 682 g/mol. The van der Waals surface area contributed by atoms with Crippen LogP contribution in [-0.4, -0.2) is 54.0 Å². The molecule has 0 unspecified atom stereocenters. The first-order chi connectivity index (χ1) is 18.9. The van der Waals surface area contributed by atoms with E-state index in [1.54, 1.807) is 0 Å². The molecular formula is C24H18BrCuN3O12. The Kier molecular flexibility index (Phi) is 12.7. The molecule has 0 atom stereocenters. The van der Waals surface area contributed by atoms with Crippen LogP contribution in [0.4, 0.5) is 17.1 Å². The molecule has 0 spiro atoms. The fourth-order valence-corrected chi connectivity index (χ4v) is 3.62. The molecule has 0 amide bonds. The summed E-state index contributed by atoms with van der Waals surface area (Å²) in [6.45, 7) is 0. The molecule has 3 aromatic carbocycles. The molecule has 0 aliphatic carbocycles. The predicted molar refractivity (Wildman–Crippen MR) is 140 cm³/mol. The standard InChI is InChI=1S/C16H12N2O8.C8H6BrNO4.Cu/c1-25-15(19)13-7-9(17(21)22)3-5-11(13)12-6-4-10(18(23)24)8-14(12)16(20)26-2;1-14-8(11)6-4-5(10(12)13)2-3-7(6)9;/h3-8H,1-2H3;2-4H,1H3;. The Hall–Kier alpha value is -4.73. The number of nitrogens with zero attached hydrogens (tertiary/aromatic N) is 3. The molecule has 0 aliphatic heterocycles. The zero-order chi connectivity index (χ0) is 30.1. The van der Waals surface area contributed by atoms with Gasteiger partial charge in [0.25, 0.3) is 17.1 Å². The van der Waals surface area contributed by atoms with E-state index in [2.05, 4.69) is 30.1 Å². The summed E-state index contributed by atoms with van der Waals surface area (Å²) < 4.78 is 14.2. The number of carbonyl (C=O) groups excluding carboxylic acids is 3. The smallest absolute Gasteiger partial charge is 0.339 e. The Labute approximate surface area is 249 Å². The van der Waals surface area contributed by atoms with Crippen molar-refractivity contribution in [1.29, 1.82) is 0 Å². The molecule has 0 saturated carbocycles. The van der Waals surface area contributed by atoms with Gasteiger partial charge in [0.2, 0.25) is 0 Å². The minimum Gasteiger partial charge on any atom is -0.465 e. The third-order valence-electron chi connectivity index (χ3n) is 5.09. The van der Waals surface area contributed by atoms with E-state index >= 15 is 0 Å². The van der Waals surface area contributed by atoms with Gasteiger partial charge in [0.15, 0.2) is 0 Å². The van der Waals surface area contributed by atoms with Crippen molar-refractivity contribution in [2.24, 2.45) is 0 Å². The molecule has 0 aliphatic rings. The van der Waals surface area contributed by atoms with Crippen molar-refractivity contribution in [3.8, 4) is 11.1 Å². The number of methoxy groups -OCH3 is 3. The van der Waals surface area contributed by atoms with Gasteiger partial charge in [-0.15, -0.1) is 0 Å². The minimum atomic E-state index is -0.863. The van der Waals surface area contributed by atoms with E-state index in [0.717, 1.165) is 44.6 Å². The molecule has 0 saturated heterocycles. The van der Waals surface area contributed by atoms with Gasteiger partial charge in [0.05, 0.1) is 52.8 Å². The van der Waals surface area contributed by atoms with Crippen LogP contribution in [0.15, 0.2) is 59.1 Å². The number of hydrogen-bond acceptors (Lipinski definition) is 12. The fourth-order valence-electron chi connectivity index (χ4n) is 3.21. The molecule has 15 nitrogen and oxygen atoms in total. The van der Waals surface area contributed by atoms with Crippen LogP contribution in [0.5, 0.6) is 0 Å². The Bertz CT molecular complexity index is 1450. The molecule has 17 heteroatoms. The number of halogens is 1. The van der Waals surface area contributed by atoms with Crippen molar-refractivity contribution in [3.63, 3.8) is 0 Å². The maximum atomic E-state index is 12.0. The van der Waals surface area contributed by atoms with Crippen molar-refractivity contribution < 1.29 is 60.4 Å².